The summed E-state index contributed by atoms with van der Waals surface area (Å²) in [5.74, 6) is 0.717. The predicted molar refractivity (Wildman–Crippen MR) is 59.6 cm³/mol. The zero-order valence-corrected chi connectivity index (χ0v) is 9.73. The van der Waals surface area contributed by atoms with E-state index in [1.54, 1.807) is 11.8 Å². The van der Waals surface area contributed by atoms with E-state index < -0.39 is 0 Å². The van der Waals surface area contributed by atoms with Crippen LogP contribution in [0.15, 0.2) is 0 Å². The Hall–Kier alpha value is -0.220. The summed E-state index contributed by atoms with van der Waals surface area (Å²) in [6, 6.07) is 0. The van der Waals surface area contributed by atoms with Crippen LogP contribution in [-0.2, 0) is 9.53 Å². The minimum atomic E-state index is 0.149. The molecule has 0 aromatic rings. The number of rotatable bonds is 5. The summed E-state index contributed by atoms with van der Waals surface area (Å²) < 4.78 is 5.43. The standard InChI is InChI=1S/C10H19NO2S/c1-3-5-11-10(12)7-14-9-4-6-13-8(9)2/h8-9H,3-7H2,1-2H3,(H,11,12)/t8-,9+/m0/s1. The Morgan fingerprint density at radius 1 is 1.64 bits per heavy atom. The second-order valence-corrected chi connectivity index (χ2v) is 4.79. The van der Waals surface area contributed by atoms with Crippen LogP contribution in [0.5, 0.6) is 0 Å². The highest BCUT2D eigenvalue weighted by atomic mass is 32.2. The molecule has 0 saturated carbocycles. The van der Waals surface area contributed by atoms with Crippen LogP contribution in [0, 0.1) is 0 Å². The van der Waals surface area contributed by atoms with Crippen LogP contribution < -0.4 is 5.32 Å². The Morgan fingerprint density at radius 3 is 3.00 bits per heavy atom. The SMILES string of the molecule is CCCNC(=O)CS[C@@H]1CCO[C@H]1C. The summed E-state index contributed by atoms with van der Waals surface area (Å²) in [5, 5.41) is 3.37. The van der Waals surface area contributed by atoms with Gasteiger partial charge in [0.1, 0.15) is 0 Å². The zero-order chi connectivity index (χ0) is 10.4. The Morgan fingerprint density at radius 2 is 2.43 bits per heavy atom. The van der Waals surface area contributed by atoms with Gasteiger partial charge in [-0.25, -0.2) is 0 Å². The maximum absolute atomic E-state index is 11.3. The maximum Gasteiger partial charge on any atom is 0.230 e. The number of hydrogen-bond donors (Lipinski definition) is 1. The van der Waals surface area contributed by atoms with Crippen LogP contribution in [0.1, 0.15) is 26.7 Å². The average molecular weight is 217 g/mol. The molecule has 1 fully saturated rings. The Kier molecular flexibility index (Phi) is 5.33. The quantitative estimate of drug-likeness (QED) is 0.757. The van der Waals surface area contributed by atoms with Crippen LogP contribution in [0.3, 0.4) is 0 Å². The molecule has 0 aromatic carbocycles. The normalized spacial score (nSPS) is 26.4. The van der Waals surface area contributed by atoms with Crippen LogP contribution in [0.4, 0.5) is 0 Å². The highest BCUT2D eigenvalue weighted by molar-refractivity contribution is 8.00. The predicted octanol–water partition coefficient (Wildman–Crippen LogP) is 1.42. The van der Waals surface area contributed by atoms with Crippen molar-refractivity contribution in [1.29, 1.82) is 0 Å². The topological polar surface area (TPSA) is 38.3 Å². The van der Waals surface area contributed by atoms with E-state index in [4.69, 9.17) is 4.74 Å². The molecule has 1 saturated heterocycles. The molecule has 1 amide bonds. The fourth-order valence-electron chi connectivity index (χ4n) is 1.43. The molecule has 82 valence electrons. The summed E-state index contributed by atoms with van der Waals surface area (Å²) in [6.45, 7) is 5.76. The number of amides is 1. The van der Waals surface area contributed by atoms with Gasteiger partial charge in [0, 0.05) is 18.4 Å². The van der Waals surface area contributed by atoms with Gasteiger partial charge in [-0.3, -0.25) is 4.79 Å². The molecule has 0 radical (unpaired) electrons. The molecular weight excluding hydrogens is 198 g/mol. The number of carbonyl (C=O) groups excluding carboxylic acids is 1. The lowest BCUT2D eigenvalue weighted by molar-refractivity contribution is -0.118. The molecule has 1 heterocycles. The molecule has 0 unspecified atom stereocenters. The number of nitrogens with one attached hydrogen (secondary N) is 1. The minimum Gasteiger partial charge on any atom is -0.377 e. The van der Waals surface area contributed by atoms with Gasteiger partial charge in [-0.15, -0.1) is 11.8 Å². The molecule has 1 N–H and O–H groups in total. The zero-order valence-electron chi connectivity index (χ0n) is 8.91. The fraction of sp³-hybridized carbons (Fsp3) is 0.900. The largest absolute Gasteiger partial charge is 0.377 e. The van der Waals surface area contributed by atoms with E-state index in [2.05, 4.69) is 19.2 Å². The average Bonchev–Trinajstić information content (AvgIpc) is 2.58. The third-order valence-corrected chi connectivity index (χ3v) is 3.78. The van der Waals surface area contributed by atoms with Crippen molar-refractivity contribution < 1.29 is 9.53 Å². The van der Waals surface area contributed by atoms with E-state index in [1.165, 1.54) is 0 Å². The van der Waals surface area contributed by atoms with Crippen LogP contribution >= 0.6 is 11.8 Å². The summed E-state index contributed by atoms with van der Waals surface area (Å²) in [4.78, 5) is 11.3. The fourth-order valence-corrected chi connectivity index (χ4v) is 2.51. The number of thioether (sulfide) groups is 1. The van der Waals surface area contributed by atoms with Gasteiger partial charge < -0.3 is 10.1 Å². The van der Waals surface area contributed by atoms with Gasteiger partial charge in [0.2, 0.25) is 5.91 Å². The Bertz CT molecular complexity index is 187. The van der Waals surface area contributed by atoms with Crippen molar-refractivity contribution in [1.82, 2.24) is 5.32 Å². The van der Waals surface area contributed by atoms with Gasteiger partial charge in [0.15, 0.2) is 0 Å². The first-order chi connectivity index (χ1) is 6.74. The molecule has 0 bridgehead atoms. The van der Waals surface area contributed by atoms with E-state index in [-0.39, 0.29) is 5.91 Å². The van der Waals surface area contributed by atoms with Crippen LogP contribution in [0.2, 0.25) is 0 Å². The van der Waals surface area contributed by atoms with Gasteiger partial charge in [0.25, 0.3) is 0 Å². The molecule has 1 rings (SSSR count). The first kappa shape index (κ1) is 11.9. The molecule has 0 aliphatic carbocycles. The number of carbonyl (C=O) groups is 1. The first-order valence-corrected chi connectivity index (χ1v) is 6.28. The second kappa shape index (κ2) is 6.30. The van der Waals surface area contributed by atoms with Gasteiger partial charge >= 0.3 is 0 Å². The van der Waals surface area contributed by atoms with Crippen molar-refractivity contribution in [2.75, 3.05) is 18.9 Å². The molecule has 1 aliphatic heterocycles. The summed E-state index contributed by atoms with van der Waals surface area (Å²) >= 11 is 1.71. The van der Waals surface area contributed by atoms with Crippen molar-refractivity contribution in [2.45, 2.75) is 38.0 Å². The number of ether oxygens (including phenoxy) is 1. The first-order valence-electron chi connectivity index (χ1n) is 5.24. The van der Waals surface area contributed by atoms with Crippen LogP contribution in [-0.4, -0.2) is 36.2 Å². The van der Waals surface area contributed by atoms with Gasteiger partial charge in [-0.1, -0.05) is 6.92 Å². The van der Waals surface area contributed by atoms with Crippen LogP contribution in [0.25, 0.3) is 0 Å². The lowest BCUT2D eigenvalue weighted by Crippen LogP contribution is -2.27. The monoisotopic (exact) mass is 217 g/mol. The van der Waals surface area contributed by atoms with E-state index in [1.807, 2.05) is 0 Å². The van der Waals surface area contributed by atoms with Gasteiger partial charge in [-0.05, 0) is 19.8 Å². The third kappa shape index (κ3) is 3.88. The molecular formula is C10H19NO2S. The van der Waals surface area contributed by atoms with Crippen molar-refractivity contribution >= 4 is 17.7 Å². The van der Waals surface area contributed by atoms with Crippen molar-refractivity contribution in [3.8, 4) is 0 Å². The van der Waals surface area contributed by atoms with Crippen molar-refractivity contribution in [3.63, 3.8) is 0 Å². The van der Waals surface area contributed by atoms with E-state index in [0.29, 0.717) is 17.1 Å². The highest BCUT2D eigenvalue weighted by Gasteiger charge is 2.24. The third-order valence-electron chi connectivity index (χ3n) is 2.31. The van der Waals surface area contributed by atoms with E-state index >= 15 is 0 Å². The highest BCUT2D eigenvalue weighted by Crippen LogP contribution is 2.25. The lowest BCUT2D eigenvalue weighted by atomic mass is 10.3. The van der Waals surface area contributed by atoms with Crippen molar-refractivity contribution in [2.24, 2.45) is 0 Å². The summed E-state index contributed by atoms with van der Waals surface area (Å²) in [5.41, 5.74) is 0. The molecule has 4 heteroatoms. The van der Waals surface area contributed by atoms with Gasteiger partial charge in [0.05, 0.1) is 11.9 Å². The molecule has 0 spiro atoms. The van der Waals surface area contributed by atoms with Gasteiger partial charge in [-0.2, -0.15) is 0 Å². The molecule has 2 atom stereocenters. The second-order valence-electron chi connectivity index (χ2n) is 3.56. The summed E-state index contributed by atoms with van der Waals surface area (Å²) in [6.07, 6.45) is 2.38. The maximum atomic E-state index is 11.3. The smallest absolute Gasteiger partial charge is 0.230 e. The van der Waals surface area contributed by atoms with E-state index in [9.17, 15) is 4.79 Å². The Balaban J connectivity index is 2.10. The van der Waals surface area contributed by atoms with Crippen molar-refractivity contribution in [3.05, 3.63) is 0 Å². The minimum absolute atomic E-state index is 0.149. The lowest BCUT2D eigenvalue weighted by Gasteiger charge is -2.12. The molecule has 1 aliphatic rings. The van der Waals surface area contributed by atoms with E-state index in [0.717, 1.165) is 26.0 Å². The number of hydrogen-bond acceptors (Lipinski definition) is 3. The molecule has 3 nitrogen and oxygen atoms in total. The molecule has 0 aromatic heterocycles. The Labute approximate surface area is 90.0 Å². The molecule has 14 heavy (non-hydrogen) atoms. The summed E-state index contributed by atoms with van der Waals surface area (Å²) in [7, 11) is 0.